The van der Waals surface area contributed by atoms with Gasteiger partial charge in [-0.25, -0.2) is 0 Å². The van der Waals surface area contributed by atoms with Gasteiger partial charge in [-0.05, 0) is 18.2 Å². The number of halogens is 2. The van der Waals surface area contributed by atoms with E-state index in [1.54, 1.807) is 18.2 Å². The first-order valence-corrected chi connectivity index (χ1v) is 5.37. The molecule has 2 N–H and O–H groups in total. The van der Waals surface area contributed by atoms with Crippen LogP contribution in [0.3, 0.4) is 0 Å². The highest BCUT2D eigenvalue weighted by Gasteiger charge is 1.99. The third-order valence-electron chi connectivity index (χ3n) is 1.73. The largest absolute Gasteiger partial charge is 0.394 e. The van der Waals surface area contributed by atoms with E-state index in [4.69, 9.17) is 33.0 Å². The van der Waals surface area contributed by atoms with E-state index >= 15 is 0 Å². The average Bonchev–Trinajstić information content (AvgIpc) is 2.23. The quantitative estimate of drug-likeness (QED) is 0.762. The summed E-state index contributed by atoms with van der Waals surface area (Å²) in [4.78, 5) is 0. The van der Waals surface area contributed by atoms with Crippen molar-refractivity contribution in [3.05, 3.63) is 28.2 Å². The number of aliphatic hydroxyl groups excluding tert-OH is 1. The molecule has 0 aliphatic heterocycles. The maximum atomic E-state index is 8.48. The van der Waals surface area contributed by atoms with Crippen molar-refractivity contribution >= 4 is 28.9 Å². The number of aliphatic hydroxyl groups is 1. The second kappa shape index (κ2) is 6.90. The van der Waals surface area contributed by atoms with Crippen molar-refractivity contribution in [2.24, 2.45) is 0 Å². The molecule has 3 nitrogen and oxygen atoms in total. The van der Waals surface area contributed by atoms with Crippen molar-refractivity contribution in [2.45, 2.75) is 0 Å². The predicted molar refractivity (Wildman–Crippen MR) is 62.9 cm³/mol. The minimum atomic E-state index is 0.0396. The highest BCUT2D eigenvalue weighted by molar-refractivity contribution is 6.35. The lowest BCUT2D eigenvalue weighted by Gasteiger charge is -2.08. The molecule has 84 valence electrons. The van der Waals surface area contributed by atoms with E-state index in [9.17, 15) is 0 Å². The number of hydrogen-bond donors (Lipinski definition) is 2. The number of benzene rings is 1. The molecule has 0 unspecified atom stereocenters. The zero-order chi connectivity index (χ0) is 11.1. The average molecular weight is 250 g/mol. The fourth-order valence-electron chi connectivity index (χ4n) is 1.06. The van der Waals surface area contributed by atoms with Crippen LogP contribution in [0.5, 0.6) is 0 Å². The van der Waals surface area contributed by atoms with Gasteiger partial charge in [0.2, 0.25) is 0 Å². The summed E-state index contributed by atoms with van der Waals surface area (Å²) < 4.78 is 5.09. The third kappa shape index (κ3) is 4.71. The van der Waals surface area contributed by atoms with Crippen molar-refractivity contribution < 1.29 is 9.84 Å². The molecule has 0 aliphatic rings. The Bertz CT molecular complexity index is 307. The van der Waals surface area contributed by atoms with Gasteiger partial charge in [0.25, 0.3) is 0 Å². The van der Waals surface area contributed by atoms with Crippen LogP contribution in [0.15, 0.2) is 18.2 Å². The van der Waals surface area contributed by atoms with Gasteiger partial charge in [-0.1, -0.05) is 23.2 Å². The van der Waals surface area contributed by atoms with Crippen LogP contribution in [0.1, 0.15) is 0 Å². The Hall–Kier alpha value is -0.480. The molecule has 0 saturated heterocycles. The highest BCUT2D eigenvalue weighted by atomic mass is 35.5. The van der Waals surface area contributed by atoms with Crippen LogP contribution in [-0.4, -0.2) is 31.5 Å². The van der Waals surface area contributed by atoms with Gasteiger partial charge in [-0.15, -0.1) is 0 Å². The van der Waals surface area contributed by atoms with E-state index in [1.165, 1.54) is 0 Å². The summed E-state index contributed by atoms with van der Waals surface area (Å²) >= 11 is 11.8. The van der Waals surface area contributed by atoms with E-state index in [1.807, 2.05) is 0 Å². The smallest absolute Gasteiger partial charge is 0.0698 e. The van der Waals surface area contributed by atoms with Crippen LogP contribution >= 0.6 is 23.2 Å². The fraction of sp³-hybridized carbons (Fsp3) is 0.400. The van der Waals surface area contributed by atoms with Crippen molar-refractivity contribution in [1.82, 2.24) is 0 Å². The van der Waals surface area contributed by atoms with Crippen molar-refractivity contribution in [1.29, 1.82) is 0 Å². The first-order chi connectivity index (χ1) is 7.24. The van der Waals surface area contributed by atoms with Crippen LogP contribution in [0.4, 0.5) is 5.69 Å². The molecule has 1 aromatic rings. The number of rotatable bonds is 6. The van der Waals surface area contributed by atoms with E-state index in [-0.39, 0.29) is 6.61 Å². The SMILES string of the molecule is OCCOCCNc1cc(Cl)ccc1Cl. The van der Waals surface area contributed by atoms with Crippen LogP contribution in [0, 0.1) is 0 Å². The molecule has 1 rings (SSSR count). The maximum Gasteiger partial charge on any atom is 0.0698 e. The molecular weight excluding hydrogens is 237 g/mol. The second-order valence-corrected chi connectivity index (χ2v) is 3.73. The molecule has 15 heavy (non-hydrogen) atoms. The monoisotopic (exact) mass is 249 g/mol. The minimum Gasteiger partial charge on any atom is -0.394 e. The van der Waals surface area contributed by atoms with Gasteiger partial charge in [0, 0.05) is 11.6 Å². The standard InChI is InChI=1S/C10H13Cl2NO2/c11-8-1-2-9(12)10(7-8)13-3-5-15-6-4-14/h1-2,7,13-14H,3-6H2. The number of hydrogen-bond acceptors (Lipinski definition) is 3. The molecule has 0 spiro atoms. The van der Waals surface area contributed by atoms with Gasteiger partial charge in [-0.3, -0.25) is 0 Å². The summed E-state index contributed by atoms with van der Waals surface area (Å²) in [6.45, 7) is 1.53. The van der Waals surface area contributed by atoms with E-state index < -0.39 is 0 Å². The normalized spacial score (nSPS) is 10.3. The van der Waals surface area contributed by atoms with Gasteiger partial charge in [0.05, 0.1) is 30.5 Å². The Kier molecular flexibility index (Phi) is 5.79. The molecular formula is C10H13Cl2NO2. The van der Waals surface area contributed by atoms with Crippen LogP contribution in [0.2, 0.25) is 10.0 Å². The fourth-order valence-corrected chi connectivity index (χ4v) is 1.41. The Balaban J connectivity index is 2.33. The van der Waals surface area contributed by atoms with Gasteiger partial charge in [0.1, 0.15) is 0 Å². The molecule has 0 fully saturated rings. The summed E-state index contributed by atoms with van der Waals surface area (Å²) in [6.07, 6.45) is 0. The maximum absolute atomic E-state index is 8.48. The summed E-state index contributed by atoms with van der Waals surface area (Å²) in [6, 6.07) is 5.23. The number of nitrogens with one attached hydrogen (secondary N) is 1. The third-order valence-corrected chi connectivity index (χ3v) is 2.29. The predicted octanol–water partition coefficient (Wildman–Crippen LogP) is 2.41. The molecule has 0 atom stereocenters. The molecule has 0 heterocycles. The molecule has 0 saturated carbocycles. The van der Waals surface area contributed by atoms with Crippen LogP contribution < -0.4 is 5.32 Å². The zero-order valence-electron chi connectivity index (χ0n) is 8.17. The Labute approximate surface area is 99.0 Å². The second-order valence-electron chi connectivity index (χ2n) is 2.89. The summed E-state index contributed by atoms with van der Waals surface area (Å²) in [7, 11) is 0. The van der Waals surface area contributed by atoms with E-state index in [0.29, 0.717) is 29.8 Å². The Morgan fingerprint density at radius 1 is 1.27 bits per heavy atom. The van der Waals surface area contributed by atoms with E-state index in [2.05, 4.69) is 5.32 Å². The molecule has 0 aromatic heterocycles. The van der Waals surface area contributed by atoms with Crippen molar-refractivity contribution in [3.8, 4) is 0 Å². The minimum absolute atomic E-state index is 0.0396. The first-order valence-electron chi connectivity index (χ1n) is 4.61. The Morgan fingerprint density at radius 3 is 2.80 bits per heavy atom. The molecule has 0 aliphatic carbocycles. The Morgan fingerprint density at radius 2 is 2.07 bits per heavy atom. The highest BCUT2D eigenvalue weighted by Crippen LogP contribution is 2.24. The summed E-state index contributed by atoms with van der Waals surface area (Å²) in [5, 5.41) is 12.8. The summed E-state index contributed by atoms with van der Waals surface area (Å²) in [5.74, 6) is 0. The lowest BCUT2D eigenvalue weighted by molar-refractivity contribution is 0.0992. The lowest BCUT2D eigenvalue weighted by atomic mass is 10.3. The van der Waals surface area contributed by atoms with Crippen molar-refractivity contribution in [3.63, 3.8) is 0 Å². The molecule has 0 amide bonds. The van der Waals surface area contributed by atoms with Gasteiger partial charge in [0.15, 0.2) is 0 Å². The summed E-state index contributed by atoms with van der Waals surface area (Å²) in [5.41, 5.74) is 0.789. The molecule has 1 aromatic carbocycles. The lowest BCUT2D eigenvalue weighted by Crippen LogP contribution is -2.11. The van der Waals surface area contributed by atoms with Gasteiger partial charge in [-0.2, -0.15) is 0 Å². The van der Waals surface area contributed by atoms with Crippen molar-refractivity contribution in [2.75, 3.05) is 31.7 Å². The van der Waals surface area contributed by atoms with Gasteiger partial charge < -0.3 is 15.2 Å². The van der Waals surface area contributed by atoms with E-state index in [0.717, 1.165) is 5.69 Å². The van der Waals surface area contributed by atoms with Crippen LogP contribution in [0.25, 0.3) is 0 Å². The number of anilines is 1. The van der Waals surface area contributed by atoms with Gasteiger partial charge >= 0.3 is 0 Å². The number of ether oxygens (including phenoxy) is 1. The molecule has 0 bridgehead atoms. The zero-order valence-corrected chi connectivity index (χ0v) is 9.68. The molecule has 0 radical (unpaired) electrons. The van der Waals surface area contributed by atoms with Crippen LogP contribution in [-0.2, 0) is 4.74 Å². The first kappa shape index (κ1) is 12.6. The topological polar surface area (TPSA) is 41.5 Å². The molecule has 5 heteroatoms.